The van der Waals surface area contributed by atoms with E-state index >= 15 is 0 Å². The van der Waals surface area contributed by atoms with Gasteiger partial charge in [0.25, 0.3) is 0 Å². The number of Topliss-reactive ketones (excluding diaryl/α,β-unsaturated/α-hetero) is 4. The lowest BCUT2D eigenvalue weighted by Crippen LogP contribution is -2.49. The zero-order valence-corrected chi connectivity index (χ0v) is 8.44. The molecule has 0 heterocycles. The van der Waals surface area contributed by atoms with Gasteiger partial charge in [-0.15, -0.1) is 0 Å². The zero-order valence-electron chi connectivity index (χ0n) is 8.44. The number of hydrogen-bond acceptors (Lipinski definition) is 6. The molecular weight excluding hydrogens is 204 g/mol. The lowest BCUT2D eigenvalue weighted by atomic mass is 9.76. The maximum absolute atomic E-state index is 11.4. The lowest BCUT2D eigenvalue weighted by Gasteiger charge is -2.21. The number of rotatable bonds is 6. The molecule has 15 heavy (non-hydrogen) atoms. The molecule has 84 valence electrons. The van der Waals surface area contributed by atoms with E-state index in [1.54, 1.807) is 0 Å². The summed E-state index contributed by atoms with van der Waals surface area (Å²) in [4.78, 5) is 44.6. The third-order valence-corrected chi connectivity index (χ3v) is 2.18. The Morgan fingerprint density at radius 3 is 1.53 bits per heavy atom. The Morgan fingerprint density at radius 2 is 1.33 bits per heavy atom. The van der Waals surface area contributed by atoms with Crippen LogP contribution in [-0.2, 0) is 19.2 Å². The number of aliphatic hydroxyl groups is 2. The molecule has 0 fully saturated rings. The van der Waals surface area contributed by atoms with Crippen molar-refractivity contribution < 1.29 is 29.4 Å². The molecule has 0 saturated heterocycles. The SMILES string of the molecule is CC(=O)C(=O)C(C)(C(=O)CO)C(=O)CO. The number of carbonyl (C=O) groups excluding carboxylic acids is 4. The lowest BCUT2D eigenvalue weighted by molar-refractivity contribution is -0.154. The molecule has 0 spiro atoms. The number of ketones is 4. The van der Waals surface area contributed by atoms with Crippen molar-refractivity contribution in [2.75, 3.05) is 13.2 Å². The molecule has 0 aliphatic rings. The van der Waals surface area contributed by atoms with Crippen LogP contribution in [0, 0.1) is 5.41 Å². The summed E-state index contributed by atoms with van der Waals surface area (Å²) >= 11 is 0. The second-order valence-electron chi connectivity index (χ2n) is 3.17. The summed E-state index contributed by atoms with van der Waals surface area (Å²) < 4.78 is 0. The van der Waals surface area contributed by atoms with Crippen LogP contribution in [0.25, 0.3) is 0 Å². The predicted octanol–water partition coefficient (Wildman–Crippen LogP) is -1.73. The predicted molar refractivity (Wildman–Crippen MR) is 48.0 cm³/mol. The van der Waals surface area contributed by atoms with Crippen molar-refractivity contribution >= 4 is 23.1 Å². The van der Waals surface area contributed by atoms with Gasteiger partial charge in [-0.05, 0) is 6.92 Å². The first-order valence-corrected chi connectivity index (χ1v) is 4.16. The molecule has 6 nitrogen and oxygen atoms in total. The highest BCUT2D eigenvalue weighted by Gasteiger charge is 2.48. The molecule has 0 rings (SSSR count). The van der Waals surface area contributed by atoms with E-state index in [1.807, 2.05) is 0 Å². The molecule has 6 heteroatoms. The number of carbonyl (C=O) groups is 4. The third kappa shape index (κ3) is 2.34. The molecule has 0 saturated carbocycles. The average molecular weight is 216 g/mol. The van der Waals surface area contributed by atoms with E-state index in [-0.39, 0.29) is 0 Å². The minimum atomic E-state index is -2.27. The van der Waals surface area contributed by atoms with Gasteiger partial charge in [-0.3, -0.25) is 19.2 Å². The molecule has 0 aliphatic carbocycles. The molecule has 0 aliphatic heterocycles. The van der Waals surface area contributed by atoms with Gasteiger partial charge in [0.15, 0.2) is 22.8 Å². The molecule has 0 atom stereocenters. The Balaban J connectivity index is 5.40. The maximum Gasteiger partial charge on any atom is 0.218 e. The zero-order chi connectivity index (χ0) is 12.2. The second-order valence-corrected chi connectivity index (χ2v) is 3.17. The Morgan fingerprint density at radius 1 is 1.00 bits per heavy atom. The third-order valence-electron chi connectivity index (χ3n) is 2.18. The average Bonchev–Trinajstić information content (AvgIpc) is 2.24. The molecule has 0 unspecified atom stereocenters. The van der Waals surface area contributed by atoms with Crippen LogP contribution in [-0.4, -0.2) is 46.6 Å². The van der Waals surface area contributed by atoms with Crippen LogP contribution in [0.5, 0.6) is 0 Å². The minimum absolute atomic E-state index is 0.913. The Labute approximate surface area is 85.9 Å². The van der Waals surface area contributed by atoms with Crippen LogP contribution >= 0.6 is 0 Å². The van der Waals surface area contributed by atoms with Crippen molar-refractivity contribution in [3.8, 4) is 0 Å². The Bertz CT molecular complexity index is 301. The fraction of sp³-hybridized carbons (Fsp3) is 0.556. The van der Waals surface area contributed by atoms with Gasteiger partial charge < -0.3 is 10.2 Å². The van der Waals surface area contributed by atoms with E-state index in [0.717, 1.165) is 13.8 Å². The fourth-order valence-electron chi connectivity index (χ4n) is 1.08. The summed E-state index contributed by atoms with van der Waals surface area (Å²) in [5.41, 5.74) is -2.27. The maximum atomic E-state index is 11.4. The fourth-order valence-corrected chi connectivity index (χ4v) is 1.08. The van der Waals surface area contributed by atoms with Gasteiger partial charge >= 0.3 is 0 Å². The Kier molecular flexibility index (Phi) is 4.44. The normalized spacial score (nSPS) is 10.9. The van der Waals surface area contributed by atoms with Crippen LogP contribution in [0.15, 0.2) is 0 Å². The summed E-state index contributed by atoms with van der Waals surface area (Å²) in [7, 11) is 0. The summed E-state index contributed by atoms with van der Waals surface area (Å²) in [5.74, 6) is -4.38. The van der Waals surface area contributed by atoms with Gasteiger partial charge in [-0.25, -0.2) is 0 Å². The van der Waals surface area contributed by atoms with Gasteiger partial charge in [0.05, 0.1) is 0 Å². The van der Waals surface area contributed by atoms with Crippen molar-refractivity contribution in [1.29, 1.82) is 0 Å². The highest BCUT2D eigenvalue weighted by Crippen LogP contribution is 2.21. The summed E-state index contributed by atoms with van der Waals surface area (Å²) in [5, 5.41) is 17.2. The topological polar surface area (TPSA) is 109 Å². The highest BCUT2D eigenvalue weighted by atomic mass is 16.3. The summed E-state index contributed by atoms with van der Waals surface area (Å²) in [6.07, 6.45) is 0. The second kappa shape index (κ2) is 4.90. The van der Waals surface area contributed by atoms with Crippen LogP contribution in [0.1, 0.15) is 13.8 Å². The van der Waals surface area contributed by atoms with Gasteiger partial charge in [-0.2, -0.15) is 0 Å². The smallest absolute Gasteiger partial charge is 0.218 e. The first-order valence-electron chi connectivity index (χ1n) is 4.16. The van der Waals surface area contributed by atoms with E-state index in [1.165, 1.54) is 0 Å². The minimum Gasteiger partial charge on any atom is -0.389 e. The molecule has 2 N–H and O–H groups in total. The van der Waals surface area contributed by atoms with Gasteiger partial charge in [-0.1, -0.05) is 0 Å². The van der Waals surface area contributed by atoms with E-state index in [0.29, 0.717) is 0 Å². The van der Waals surface area contributed by atoms with Crippen molar-refractivity contribution in [3.05, 3.63) is 0 Å². The van der Waals surface area contributed by atoms with Crippen LogP contribution in [0.2, 0.25) is 0 Å². The van der Waals surface area contributed by atoms with E-state index in [4.69, 9.17) is 10.2 Å². The highest BCUT2D eigenvalue weighted by molar-refractivity contribution is 6.48. The van der Waals surface area contributed by atoms with Crippen LogP contribution in [0.3, 0.4) is 0 Å². The van der Waals surface area contributed by atoms with E-state index in [9.17, 15) is 19.2 Å². The first kappa shape index (κ1) is 13.6. The largest absolute Gasteiger partial charge is 0.389 e. The van der Waals surface area contributed by atoms with Gasteiger partial charge in [0.2, 0.25) is 5.78 Å². The van der Waals surface area contributed by atoms with Crippen molar-refractivity contribution in [3.63, 3.8) is 0 Å². The van der Waals surface area contributed by atoms with Crippen molar-refractivity contribution in [1.82, 2.24) is 0 Å². The van der Waals surface area contributed by atoms with Gasteiger partial charge in [0, 0.05) is 6.92 Å². The molecule has 0 bridgehead atoms. The van der Waals surface area contributed by atoms with Crippen molar-refractivity contribution in [2.45, 2.75) is 13.8 Å². The van der Waals surface area contributed by atoms with Crippen LogP contribution < -0.4 is 0 Å². The molecule has 0 amide bonds. The quantitative estimate of drug-likeness (QED) is 0.403. The number of aliphatic hydroxyl groups excluding tert-OH is 2. The van der Waals surface area contributed by atoms with Gasteiger partial charge in [0.1, 0.15) is 13.2 Å². The standard InChI is InChI=1S/C9H12O6/c1-5(12)8(15)9(2,6(13)3-10)7(14)4-11/h10-11H,3-4H2,1-2H3. The van der Waals surface area contributed by atoms with E-state index < -0.39 is 41.8 Å². The molecular formula is C9H12O6. The molecule has 0 aromatic rings. The first-order chi connectivity index (χ1) is 6.82. The van der Waals surface area contributed by atoms with Crippen molar-refractivity contribution in [2.24, 2.45) is 5.41 Å². The summed E-state index contributed by atoms with van der Waals surface area (Å²) in [6, 6.07) is 0. The monoisotopic (exact) mass is 216 g/mol. The Hall–Kier alpha value is -1.40. The van der Waals surface area contributed by atoms with E-state index in [2.05, 4.69) is 0 Å². The number of hydrogen-bond donors (Lipinski definition) is 2. The molecule has 0 aromatic heterocycles. The van der Waals surface area contributed by atoms with Crippen LogP contribution in [0.4, 0.5) is 0 Å². The molecule has 0 radical (unpaired) electrons. The summed E-state index contributed by atoms with van der Waals surface area (Å²) in [6.45, 7) is -0.244. The molecule has 0 aromatic carbocycles.